The second-order valence-corrected chi connectivity index (χ2v) is 10.5. The molecule has 6 nitrogen and oxygen atoms in total. The Hall–Kier alpha value is -1.44. The first-order chi connectivity index (χ1) is 14.0. The predicted octanol–water partition coefficient (Wildman–Crippen LogP) is 2.19. The van der Waals surface area contributed by atoms with E-state index < -0.39 is 15.6 Å². The van der Waals surface area contributed by atoms with Crippen LogP contribution in [0.5, 0.6) is 0 Å². The number of benzene rings is 1. The summed E-state index contributed by atoms with van der Waals surface area (Å²) in [7, 11) is -3.39. The van der Waals surface area contributed by atoms with Gasteiger partial charge in [-0.25, -0.2) is 8.42 Å². The van der Waals surface area contributed by atoms with Crippen molar-refractivity contribution in [3.63, 3.8) is 0 Å². The highest BCUT2D eigenvalue weighted by atomic mass is 32.2. The molecule has 2 aliphatic rings. The Kier molecular flexibility index (Phi) is 8.09. The maximum atomic E-state index is 12.4. The van der Waals surface area contributed by atoms with Crippen LogP contribution in [0, 0.1) is 0 Å². The number of nitrogens with one attached hydrogen (secondary N) is 1. The SMILES string of the molecule is O=C(CS(=O)(=O)CCCc1ccccc1)NCC1(N2CCOCC2)CCCCC1. The van der Waals surface area contributed by atoms with Crippen molar-refractivity contribution in [3.8, 4) is 0 Å². The van der Waals surface area contributed by atoms with Gasteiger partial charge in [0, 0.05) is 25.2 Å². The van der Waals surface area contributed by atoms with Gasteiger partial charge in [-0.15, -0.1) is 0 Å². The third kappa shape index (κ3) is 6.79. The van der Waals surface area contributed by atoms with Gasteiger partial charge in [0.05, 0.1) is 19.0 Å². The van der Waals surface area contributed by atoms with Crippen molar-refractivity contribution in [2.75, 3.05) is 44.4 Å². The number of carbonyl (C=O) groups excluding carboxylic acids is 1. The van der Waals surface area contributed by atoms with Gasteiger partial charge in [0.2, 0.25) is 5.91 Å². The molecule has 1 saturated heterocycles. The maximum Gasteiger partial charge on any atom is 0.235 e. The molecule has 1 N–H and O–H groups in total. The normalized spacial score (nSPS) is 20.3. The summed E-state index contributed by atoms with van der Waals surface area (Å²) in [4.78, 5) is 14.9. The van der Waals surface area contributed by atoms with Gasteiger partial charge in [0.15, 0.2) is 9.84 Å². The number of nitrogens with zero attached hydrogens (tertiary/aromatic N) is 1. The highest BCUT2D eigenvalue weighted by Crippen LogP contribution is 2.33. The van der Waals surface area contributed by atoms with E-state index in [2.05, 4.69) is 10.2 Å². The smallest absolute Gasteiger partial charge is 0.235 e. The van der Waals surface area contributed by atoms with Crippen LogP contribution < -0.4 is 5.32 Å². The van der Waals surface area contributed by atoms with Gasteiger partial charge in [-0.2, -0.15) is 0 Å². The third-order valence-corrected chi connectivity index (χ3v) is 7.81. The number of amides is 1. The summed E-state index contributed by atoms with van der Waals surface area (Å²) in [6, 6.07) is 9.84. The largest absolute Gasteiger partial charge is 0.379 e. The lowest BCUT2D eigenvalue weighted by Crippen LogP contribution is -2.60. The van der Waals surface area contributed by atoms with Gasteiger partial charge in [-0.05, 0) is 31.2 Å². The minimum absolute atomic E-state index is 0.0456. The van der Waals surface area contributed by atoms with Crippen molar-refractivity contribution in [2.24, 2.45) is 0 Å². The molecule has 0 radical (unpaired) electrons. The zero-order chi connectivity index (χ0) is 20.6. The van der Waals surface area contributed by atoms with Gasteiger partial charge in [0.1, 0.15) is 5.75 Å². The van der Waals surface area contributed by atoms with Crippen LogP contribution in [0.3, 0.4) is 0 Å². The highest BCUT2D eigenvalue weighted by Gasteiger charge is 2.39. The number of ether oxygens (including phenoxy) is 1. The van der Waals surface area contributed by atoms with Crippen LogP contribution in [0.15, 0.2) is 30.3 Å². The molecule has 1 heterocycles. The maximum absolute atomic E-state index is 12.4. The summed E-state index contributed by atoms with van der Waals surface area (Å²) in [5.74, 6) is -0.742. The molecule has 7 heteroatoms. The zero-order valence-corrected chi connectivity index (χ0v) is 18.1. The summed E-state index contributed by atoms with van der Waals surface area (Å²) in [5, 5.41) is 2.95. The fourth-order valence-corrected chi connectivity index (χ4v) is 5.81. The number of carbonyl (C=O) groups is 1. The molecule has 0 spiro atoms. The predicted molar refractivity (Wildman–Crippen MR) is 115 cm³/mol. The molecule has 1 aromatic rings. The molecule has 0 bridgehead atoms. The average molecular weight is 423 g/mol. The van der Waals surface area contributed by atoms with Crippen LogP contribution >= 0.6 is 0 Å². The van der Waals surface area contributed by atoms with E-state index in [0.29, 0.717) is 19.4 Å². The first-order valence-corrected chi connectivity index (χ1v) is 12.7. The standard InChI is InChI=1S/C22H34N2O4S/c25-21(18-29(26,27)17-7-10-20-8-3-1-4-9-20)23-19-22(11-5-2-6-12-22)24-13-15-28-16-14-24/h1,3-4,8-9H,2,5-7,10-19H2,(H,23,25). The van der Waals surface area contributed by atoms with Crippen LogP contribution in [0.4, 0.5) is 0 Å². The van der Waals surface area contributed by atoms with E-state index in [-0.39, 0.29) is 17.2 Å². The van der Waals surface area contributed by atoms with E-state index in [1.165, 1.54) is 6.42 Å². The van der Waals surface area contributed by atoms with Crippen LogP contribution in [-0.2, 0) is 25.8 Å². The molecular formula is C22H34N2O4S. The molecule has 0 unspecified atom stereocenters. The number of hydrogen-bond acceptors (Lipinski definition) is 5. The zero-order valence-electron chi connectivity index (χ0n) is 17.3. The van der Waals surface area contributed by atoms with Crippen molar-refractivity contribution in [1.82, 2.24) is 10.2 Å². The second-order valence-electron chi connectivity index (χ2n) is 8.34. The first-order valence-electron chi connectivity index (χ1n) is 10.8. The molecular weight excluding hydrogens is 388 g/mol. The van der Waals surface area contributed by atoms with E-state index >= 15 is 0 Å². The first kappa shape index (κ1) is 22.2. The van der Waals surface area contributed by atoms with Gasteiger partial charge >= 0.3 is 0 Å². The van der Waals surface area contributed by atoms with Crippen molar-refractivity contribution < 1.29 is 17.9 Å². The molecule has 0 aromatic heterocycles. The van der Waals surface area contributed by atoms with Gasteiger partial charge < -0.3 is 10.1 Å². The molecule has 3 rings (SSSR count). The van der Waals surface area contributed by atoms with Crippen LogP contribution in [0.1, 0.15) is 44.1 Å². The fraction of sp³-hybridized carbons (Fsp3) is 0.682. The monoisotopic (exact) mass is 422 g/mol. The topological polar surface area (TPSA) is 75.7 Å². The number of hydrogen-bond donors (Lipinski definition) is 1. The number of sulfone groups is 1. The molecule has 1 saturated carbocycles. The Morgan fingerprint density at radius 2 is 1.76 bits per heavy atom. The lowest BCUT2D eigenvalue weighted by molar-refractivity contribution is -0.120. The molecule has 1 aliphatic carbocycles. The van der Waals surface area contributed by atoms with E-state index in [4.69, 9.17) is 4.74 Å². The summed E-state index contributed by atoms with van der Waals surface area (Å²) in [6.07, 6.45) is 6.90. The Balaban J connectivity index is 1.47. The minimum Gasteiger partial charge on any atom is -0.379 e. The van der Waals surface area contributed by atoms with E-state index in [9.17, 15) is 13.2 Å². The Morgan fingerprint density at radius 3 is 2.45 bits per heavy atom. The quantitative estimate of drug-likeness (QED) is 0.660. The van der Waals surface area contributed by atoms with Crippen molar-refractivity contribution in [3.05, 3.63) is 35.9 Å². The van der Waals surface area contributed by atoms with Gasteiger partial charge in [-0.3, -0.25) is 9.69 Å². The lowest BCUT2D eigenvalue weighted by atomic mass is 9.79. The highest BCUT2D eigenvalue weighted by molar-refractivity contribution is 7.92. The van der Waals surface area contributed by atoms with Crippen LogP contribution in [0.25, 0.3) is 0 Å². The molecule has 162 valence electrons. The Bertz CT molecular complexity index is 739. The van der Waals surface area contributed by atoms with Gasteiger partial charge in [-0.1, -0.05) is 49.6 Å². The Morgan fingerprint density at radius 1 is 1.07 bits per heavy atom. The molecule has 1 aromatic carbocycles. The average Bonchev–Trinajstić information content (AvgIpc) is 2.74. The molecule has 2 fully saturated rings. The van der Waals surface area contributed by atoms with E-state index in [1.54, 1.807) is 0 Å². The minimum atomic E-state index is -3.39. The fourth-order valence-electron chi connectivity index (χ4n) is 4.58. The molecule has 29 heavy (non-hydrogen) atoms. The summed E-state index contributed by atoms with van der Waals surface area (Å²) in [6.45, 7) is 3.75. The van der Waals surface area contributed by atoms with Crippen molar-refractivity contribution >= 4 is 15.7 Å². The van der Waals surface area contributed by atoms with E-state index in [1.807, 2.05) is 30.3 Å². The van der Waals surface area contributed by atoms with Crippen LogP contribution in [0.2, 0.25) is 0 Å². The van der Waals surface area contributed by atoms with Crippen molar-refractivity contribution in [2.45, 2.75) is 50.5 Å². The van der Waals surface area contributed by atoms with Crippen molar-refractivity contribution in [1.29, 1.82) is 0 Å². The third-order valence-electron chi connectivity index (χ3n) is 6.20. The second kappa shape index (κ2) is 10.5. The Labute approximate surface area is 174 Å². The number of aryl methyl sites for hydroxylation is 1. The van der Waals surface area contributed by atoms with E-state index in [0.717, 1.165) is 57.6 Å². The molecule has 1 aliphatic heterocycles. The summed E-state index contributed by atoms with van der Waals surface area (Å²) >= 11 is 0. The van der Waals surface area contributed by atoms with Gasteiger partial charge in [0.25, 0.3) is 0 Å². The molecule has 1 amide bonds. The van der Waals surface area contributed by atoms with Crippen LogP contribution in [-0.4, -0.2) is 69.1 Å². The number of morpholine rings is 1. The lowest BCUT2D eigenvalue weighted by Gasteiger charge is -2.48. The summed E-state index contributed by atoms with van der Waals surface area (Å²) in [5.41, 5.74) is 1.08. The summed E-state index contributed by atoms with van der Waals surface area (Å²) < 4.78 is 30.2. The molecule has 0 atom stereocenters. The number of rotatable bonds is 9.